The molecule has 22 heavy (non-hydrogen) atoms. The number of pyridine rings is 1. The molecule has 110 valence electrons. The van der Waals surface area contributed by atoms with Crippen molar-refractivity contribution in [1.29, 1.82) is 0 Å². The highest BCUT2D eigenvalue weighted by Crippen LogP contribution is 2.22. The Morgan fingerprint density at radius 3 is 2.73 bits per heavy atom. The molecule has 0 aliphatic rings. The largest absolute Gasteiger partial charge is 0.347 e. The topological polar surface area (TPSA) is 66.9 Å². The van der Waals surface area contributed by atoms with Gasteiger partial charge in [0, 0.05) is 24.6 Å². The Morgan fingerprint density at radius 1 is 1.09 bits per heavy atom. The van der Waals surface area contributed by atoms with Gasteiger partial charge in [0.15, 0.2) is 5.13 Å². The molecule has 0 aliphatic carbocycles. The van der Waals surface area contributed by atoms with E-state index in [-0.39, 0.29) is 5.91 Å². The maximum Gasteiger partial charge on any atom is 0.263 e. The van der Waals surface area contributed by atoms with Crippen molar-refractivity contribution in [2.24, 2.45) is 0 Å². The Kier molecular flexibility index (Phi) is 4.41. The van der Waals surface area contributed by atoms with Crippen LogP contribution in [0.25, 0.3) is 0 Å². The molecule has 5 nitrogen and oxygen atoms in total. The second-order valence-electron chi connectivity index (χ2n) is 4.56. The van der Waals surface area contributed by atoms with Gasteiger partial charge in [-0.1, -0.05) is 35.6 Å². The zero-order valence-electron chi connectivity index (χ0n) is 11.7. The number of thiazole rings is 1. The lowest BCUT2D eigenvalue weighted by atomic mass is 10.3. The van der Waals surface area contributed by atoms with Crippen LogP contribution in [-0.2, 0) is 6.54 Å². The average molecular weight is 310 g/mol. The van der Waals surface area contributed by atoms with Gasteiger partial charge in [-0.15, -0.1) is 0 Å². The Bertz CT molecular complexity index is 743. The van der Waals surface area contributed by atoms with Crippen LogP contribution in [0.1, 0.15) is 15.2 Å². The molecule has 0 spiro atoms. The van der Waals surface area contributed by atoms with Crippen LogP contribution in [-0.4, -0.2) is 15.9 Å². The van der Waals surface area contributed by atoms with Crippen molar-refractivity contribution in [3.8, 4) is 0 Å². The van der Waals surface area contributed by atoms with Crippen molar-refractivity contribution < 1.29 is 4.79 Å². The van der Waals surface area contributed by atoms with E-state index >= 15 is 0 Å². The summed E-state index contributed by atoms with van der Waals surface area (Å²) in [5.41, 5.74) is 1.90. The van der Waals surface area contributed by atoms with Crippen molar-refractivity contribution >= 4 is 28.1 Å². The van der Waals surface area contributed by atoms with Gasteiger partial charge >= 0.3 is 0 Å². The molecule has 2 N–H and O–H groups in total. The minimum Gasteiger partial charge on any atom is -0.347 e. The minimum atomic E-state index is -0.137. The molecule has 0 atom stereocenters. The van der Waals surface area contributed by atoms with Crippen LogP contribution < -0.4 is 10.6 Å². The second kappa shape index (κ2) is 6.82. The molecule has 2 heterocycles. The lowest BCUT2D eigenvalue weighted by molar-refractivity contribution is 0.0954. The monoisotopic (exact) mass is 310 g/mol. The second-order valence-corrected chi connectivity index (χ2v) is 5.60. The van der Waals surface area contributed by atoms with E-state index < -0.39 is 0 Å². The normalized spacial score (nSPS) is 10.2. The molecule has 0 radical (unpaired) electrons. The van der Waals surface area contributed by atoms with Crippen molar-refractivity contribution in [3.63, 3.8) is 0 Å². The zero-order chi connectivity index (χ0) is 15.2. The maximum absolute atomic E-state index is 12.1. The van der Waals surface area contributed by atoms with Gasteiger partial charge in [0.1, 0.15) is 4.88 Å². The van der Waals surface area contributed by atoms with Crippen LogP contribution in [0.4, 0.5) is 10.8 Å². The Balaban J connectivity index is 1.60. The van der Waals surface area contributed by atoms with Crippen molar-refractivity contribution in [1.82, 2.24) is 15.3 Å². The fourth-order valence-electron chi connectivity index (χ4n) is 1.85. The number of aromatic nitrogens is 2. The number of amides is 1. The summed E-state index contributed by atoms with van der Waals surface area (Å²) in [6.07, 6.45) is 5.01. The van der Waals surface area contributed by atoms with Crippen LogP contribution in [0.5, 0.6) is 0 Å². The minimum absolute atomic E-state index is 0.137. The molecule has 0 fully saturated rings. The van der Waals surface area contributed by atoms with Crippen LogP contribution in [0.2, 0.25) is 0 Å². The van der Waals surface area contributed by atoms with Gasteiger partial charge in [-0.25, -0.2) is 4.98 Å². The summed E-state index contributed by atoms with van der Waals surface area (Å²) in [6, 6.07) is 13.5. The fourth-order valence-corrected chi connectivity index (χ4v) is 2.61. The molecule has 3 aromatic rings. The van der Waals surface area contributed by atoms with E-state index in [1.165, 1.54) is 11.3 Å². The number of benzene rings is 1. The molecule has 0 saturated heterocycles. The summed E-state index contributed by atoms with van der Waals surface area (Å²) in [7, 11) is 0. The van der Waals surface area contributed by atoms with Crippen LogP contribution in [0.3, 0.4) is 0 Å². The van der Waals surface area contributed by atoms with Gasteiger partial charge in [-0.2, -0.15) is 0 Å². The first-order valence-electron chi connectivity index (χ1n) is 6.76. The predicted octanol–water partition coefficient (Wildman–Crippen LogP) is 3.21. The molecule has 2 aromatic heterocycles. The first kappa shape index (κ1) is 14.2. The number of carbonyl (C=O) groups is 1. The van der Waals surface area contributed by atoms with Crippen LogP contribution in [0, 0.1) is 0 Å². The summed E-state index contributed by atoms with van der Waals surface area (Å²) in [6.45, 7) is 0.450. The smallest absolute Gasteiger partial charge is 0.263 e. The Morgan fingerprint density at radius 2 is 1.95 bits per heavy atom. The number of hydrogen-bond acceptors (Lipinski definition) is 5. The third-order valence-electron chi connectivity index (χ3n) is 2.93. The first-order valence-corrected chi connectivity index (χ1v) is 7.58. The van der Waals surface area contributed by atoms with Gasteiger partial charge < -0.3 is 10.6 Å². The summed E-state index contributed by atoms with van der Waals surface area (Å²) >= 11 is 1.32. The molecule has 3 rings (SSSR count). The van der Waals surface area contributed by atoms with E-state index in [1.54, 1.807) is 18.6 Å². The Labute approximate surface area is 132 Å². The van der Waals surface area contributed by atoms with E-state index in [2.05, 4.69) is 20.6 Å². The fraction of sp³-hybridized carbons (Fsp3) is 0.0625. The number of nitrogens with zero attached hydrogens (tertiary/aromatic N) is 2. The van der Waals surface area contributed by atoms with Crippen LogP contribution >= 0.6 is 11.3 Å². The SMILES string of the molecule is O=C(NCc1cccnc1)c1cnc(Nc2ccccc2)s1. The standard InChI is InChI=1S/C16H14N4OS/c21-15(18-10-12-5-4-8-17-9-12)14-11-19-16(22-14)20-13-6-2-1-3-7-13/h1-9,11H,10H2,(H,18,21)(H,19,20). The van der Waals surface area contributed by atoms with E-state index in [1.807, 2.05) is 42.5 Å². The van der Waals surface area contributed by atoms with Crippen LogP contribution in [0.15, 0.2) is 61.1 Å². The van der Waals surface area contributed by atoms with Gasteiger partial charge in [-0.05, 0) is 23.8 Å². The number of hydrogen-bond donors (Lipinski definition) is 2. The molecular weight excluding hydrogens is 296 g/mol. The molecule has 6 heteroatoms. The van der Waals surface area contributed by atoms with Gasteiger partial charge in [0.05, 0.1) is 6.20 Å². The molecule has 1 aromatic carbocycles. The van der Waals surface area contributed by atoms with Crippen molar-refractivity contribution in [2.75, 3.05) is 5.32 Å². The highest BCUT2D eigenvalue weighted by molar-refractivity contribution is 7.17. The Hall–Kier alpha value is -2.73. The van der Waals surface area contributed by atoms with Crippen molar-refractivity contribution in [2.45, 2.75) is 6.54 Å². The lowest BCUT2D eigenvalue weighted by Gasteiger charge is -2.02. The number of rotatable bonds is 5. The number of carbonyl (C=O) groups excluding carboxylic acids is 1. The van der Waals surface area contributed by atoms with E-state index in [0.717, 1.165) is 11.3 Å². The lowest BCUT2D eigenvalue weighted by Crippen LogP contribution is -2.21. The van der Waals surface area contributed by atoms with Gasteiger partial charge in [0.2, 0.25) is 0 Å². The summed E-state index contributed by atoms with van der Waals surface area (Å²) in [5, 5.41) is 6.72. The third-order valence-corrected chi connectivity index (χ3v) is 3.84. The van der Waals surface area contributed by atoms with E-state index in [0.29, 0.717) is 16.6 Å². The highest BCUT2D eigenvalue weighted by atomic mass is 32.1. The number of para-hydroxylation sites is 1. The summed E-state index contributed by atoms with van der Waals surface area (Å²) in [5.74, 6) is -0.137. The predicted molar refractivity (Wildman–Crippen MR) is 87.2 cm³/mol. The molecule has 0 saturated carbocycles. The van der Waals surface area contributed by atoms with E-state index in [9.17, 15) is 4.79 Å². The zero-order valence-corrected chi connectivity index (χ0v) is 12.5. The van der Waals surface area contributed by atoms with Gasteiger partial charge in [0.25, 0.3) is 5.91 Å². The molecular formula is C16H14N4OS. The summed E-state index contributed by atoms with van der Waals surface area (Å²) in [4.78, 5) is 20.9. The first-order chi connectivity index (χ1) is 10.8. The summed E-state index contributed by atoms with van der Waals surface area (Å²) < 4.78 is 0. The molecule has 0 aliphatic heterocycles. The van der Waals surface area contributed by atoms with E-state index in [4.69, 9.17) is 0 Å². The molecule has 1 amide bonds. The van der Waals surface area contributed by atoms with Crippen molar-refractivity contribution in [3.05, 3.63) is 71.5 Å². The third kappa shape index (κ3) is 3.67. The highest BCUT2D eigenvalue weighted by Gasteiger charge is 2.10. The van der Waals surface area contributed by atoms with Gasteiger partial charge in [-0.3, -0.25) is 9.78 Å². The number of nitrogens with one attached hydrogen (secondary N) is 2. The molecule has 0 unspecified atom stereocenters. The molecule has 0 bridgehead atoms. The quantitative estimate of drug-likeness (QED) is 0.759. The maximum atomic E-state index is 12.1. The average Bonchev–Trinajstić information content (AvgIpc) is 3.03. The number of anilines is 2.